The maximum absolute atomic E-state index is 11.5. The predicted octanol–water partition coefficient (Wildman–Crippen LogP) is 2.51. The summed E-state index contributed by atoms with van der Waals surface area (Å²) in [5.41, 5.74) is 0.529. The van der Waals surface area contributed by atoms with E-state index in [0.717, 1.165) is 6.42 Å². The number of rotatable bonds is 6. The summed E-state index contributed by atoms with van der Waals surface area (Å²) in [7, 11) is 0. The molecule has 0 aliphatic heterocycles. The van der Waals surface area contributed by atoms with Gasteiger partial charge in [0.2, 0.25) is 5.91 Å². The molecule has 0 saturated heterocycles. The molecule has 0 heterocycles. The molecule has 2 N–H and O–H groups in total. The normalized spacial score (nSPS) is 10.1. The van der Waals surface area contributed by atoms with Crippen molar-refractivity contribution in [1.29, 1.82) is 0 Å². The number of aromatic carboxylic acids is 1. The van der Waals surface area contributed by atoms with E-state index in [9.17, 15) is 9.59 Å². The lowest BCUT2D eigenvalue weighted by Crippen LogP contribution is -2.18. The van der Waals surface area contributed by atoms with Crippen LogP contribution in [-0.2, 0) is 9.53 Å². The molecular weight excluding hydrogens is 302 g/mol. The minimum Gasteiger partial charge on any atom is -0.478 e. The van der Waals surface area contributed by atoms with Gasteiger partial charge in [0.25, 0.3) is 0 Å². The minimum absolute atomic E-state index is 0.0389. The number of ether oxygens (including phenoxy) is 1. The van der Waals surface area contributed by atoms with Crippen LogP contribution < -0.4 is 5.32 Å². The topological polar surface area (TPSA) is 75.6 Å². The van der Waals surface area contributed by atoms with Gasteiger partial charge in [0, 0.05) is 16.8 Å². The van der Waals surface area contributed by atoms with Crippen molar-refractivity contribution in [3.05, 3.63) is 28.2 Å². The smallest absolute Gasteiger partial charge is 0.335 e. The Morgan fingerprint density at radius 3 is 2.72 bits per heavy atom. The molecule has 98 valence electrons. The van der Waals surface area contributed by atoms with E-state index in [2.05, 4.69) is 21.2 Å². The lowest BCUT2D eigenvalue weighted by molar-refractivity contribution is -0.120. The van der Waals surface area contributed by atoms with Crippen molar-refractivity contribution in [3.63, 3.8) is 0 Å². The van der Waals surface area contributed by atoms with E-state index in [1.807, 2.05) is 6.92 Å². The summed E-state index contributed by atoms with van der Waals surface area (Å²) in [6.45, 7) is 2.43. The van der Waals surface area contributed by atoms with E-state index in [4.69, 9.17) is 9.84 Å². The number of carboxylic acids is 1. The molecule has 0 atom stereocenters. The summed E-state index contributed by atoms with van der Waals surface area (Å²) in [6.07, 6.45) is 0.841. The molecule has 0 bridgehead atoms. The minimum atomic E-state index is -1.05. The third-order valence-electron chi connectivity index (χ3n) is 2.01. The molecule has 1 amide bonds. The first kappa shape index (κ1) is 14.7. The zero-order valence-electron chi connectivity index (χ0n) is 9.90. The highest BCUT2D eigenvalue weighted by molar-refractivity contribution is 9.10. The zero-order valence-corrected chi connectivity index (χ0v) is 11.5. The Balaban J connectivity index is 2.66. The lowest BCUT2D eigenvalue weighted by Gasteiger charge is -2.07. The van der Waals surface area contributed by atoms with E-state index in [1.54, 1.807) is 6.07 Å². The maximum Gasteiger partial charge on any atom is 0.335 e. The summed E-state index contributed by atoms with van der Waals surface area (Å²) >= 11 is 3.19. The largest absolute Gasteiger partial charge is 0.478 e. The fourth-order valence-electron chi connectivity index (χ4n) is 1.29. The Morgan fingerprint density at radius 2 is 2.11 bits per heavy atom. The molecular formula is C12H14BrNO4. The number of hydrogen-bond acceptors (Lipinski definition) is 3. The second-order valence-electron chi connectivity index (χ2n) is 3.63. The number of carbonyl (C=O) groups excluding carboxylic acids is 1. The van der Waals surface area contributed by atoms with Gasteiger partial charge in [-0.1, -0.05) is 22.9 Å². The Bertz CT molecular complexity index is 448. The van der Waals surface area contributed by atoms with Crippen LogP contribution in [0.15, 0.2) is 22.7 Å². The molecule has 6 heteroatoms. The van der Waals surface area contributed by atoms with Gasteiger partial charge in [0.1, 0.15) is 6.61 Å². The number of hydrogen-bond donors (Lipinski definition) is 2. The van der Waals surface area contributed by atoms with Gasteiger partial charge in [-0.15, -0.1) is 0 Å². The summed E-state index contributed by atoms with van der Waals surface area (Å²) in [5, 5.41) is 11.5. The van der Waals surface area contributed by atoms with E-state index in [-0.39, 0.29) is 18.1 Å². The summed E-state index contributed by atoms with van der Waals surface area (Å²) in [5.74, 6) is -1.35. The van der Waals surface area contributed by atoms with Crippen LogP contribution in [-0.4, -0.2) is 30.2 Å². The van der Waals surface area contributed by atoms with Crippen LogP contribution in [0, 0.1) is 0 Å². The monoisotopic (exact) mass is 315 g/mol. The lowest BCUT2D eigenvalue weighted by atomic mass is 10.2. The summed E-state index contributed by atoms with van der Waals surface area (Å²) < 4.78 is 5.67. The van der Waals surface area contributed by atoms with Crippen LogP contribution in [0.1, 0.15) is 23.7 Å². The van der Waals surface area contributed by atoms with Crippen LogP contribution in [0.5, 0.6) is 0 Å². The van der Waals surface area contributed by atoms with Crippen LogP contribution in [0.3, 0.4) is 0 Å². The molecule has 5 nitrogen and oxygen atoms in total. The van der Waals surface area contributed by atoms with Crippen molar-refractivity contribution in [2.75, 3.05) is 18.5 Å². The van der Waals surface area contributed by atoms with Crippen molar-refractivity contribution in [3.8, 4) is 0 Å². The second kappa shape index (κ2) is 7.13. The van der Waals surface area contributed by atoms with Gasteiger partial charge in [-0.3, -0.25) is 4.79 Å². The maximum atomic E-state index is 11.5. The van der Waals surface area contributed by atoms with Crippen molar-refractivity contribution in [2.24, 2.45) is 0 Å². The number of anilines is 1. The molecule has 1 rings (SSSR count). The standard InChI is InChI=1S/C12H14BrNO4/c1-2-3-18-7-11(15)14-10-5-8(12(16)17)4-9(13)6-10/h4-6H,2-3,7H2,1H3,(H,14,15)(H,16,17). The first-order valence-electron chi connectivity index (χ1n) is 5.44. The second-order valence-corrected chi connectivity index (χ2v) is 4.55. The third kappa shape index (κ3) is 4.85. The highest BCUT2D eigenvalue weighted by Crippen LogP contribution is 2.19. The Hall–Kier alpha value is -1.40. The molecule has 0 saturated carbocycles. The molecule has 0 unspecified atom stereocenters. The first-order valence-corrected chi connectivity index (χ1v) is 6.23. The Kier molecular flexibility index (Phi) is 5.80. The Labute approximate surface area is 113 Å². The summed E-state index contributed by atoms with van der Waals surface area (Å²) in [4.78, 5) is 22.3. The third-order valence-corrected chi connectivity index (χ3v) is 2.47. The van der Waals surface area contributed by atoms with Gasteiger partial charge in [-0.2, -0.15) is 0 Å². The predicted molar refractivity (Wildman–Crippen MR) is 70.8 cm³/mol. The van der Waals surface area contributed by atoms with Gasteiger partial charge in [0.15, 0.2) is 0 Å². The highest BCUT2D eigenvalue weighted by atomic mass is 79.9. The first-order chi connectivity index (χ1) is 8.52. The zero-order chi connectivity index (χ0) is 13.5. The summed E-state index contributed by atoms with van der Waals surface area (Å²) in [6, 6.07) is 4.49. The van der Waals surface area contributed by atoms with Gasteiger partial charge in [0.05, 0.1) is 5.56 Å². The SMILES string of the molecule is CCCOCC(=O)Nc1cc(Br)cc(C(=O)O)c1. The van der Waals surface area contributed by atoms with Gasteiger partial charge in [-0.05, 0) is 24.6 Å². The average molecular weight is 316 g/mol. The molecule has 0 aromatic heterocycles. The fraction of sp³-hybridized carbons (Fsp3) is 0.333. The number of amides is 1. The van der Waals surface area contributed by atoms with E-state index < -0.39 is 5.97 Å². The Morgan fingerprint density at radius 1 is 1.39 bits per heavy atom. The molecule has 0 aliphatic rings. The molecule has 1 aromatic rings. The number of carboxylic acid groups (broad SMARTS) is 1. The molecule has 0 fully saturated rings. The van der Waals surface area contributed by atoms with Crippen molar-refractivity contribution in [2.45, 2.75) is 13.3 Å². The van der Waals surface area contributed by atoms with Crippen molar-refractivity contribution >= 4 is 33.5 Å². The van der Waals surface area contributed by atoms with Crippen LogP contribution >= 0.6 is 15.9 Å². The molecule has 18 heavy (non-hydrogen) atoms. The van der Waals surface area contributed by atoms with Crippen LogP contribution in [0.4, 0.5) is 5.69 Å². The average Bonchev–Trinajstić information content (AvgIpc) is 2.28. The van der Waals surface area contributed by atoms with Crippen molar-refractivity contribution in [1.82, 2.24) is 0 Å². The van der Waals surface area contributed by atoms with E-state index >= 15 is 0 Å². The van der Waals surface area contributed by atoms with E-state index in [1.165, 1.54) is 12.1 Å². The van der Waals surface area contributed by atoms with Gasteiger partial charge in [-0.25, -0.2) is 4.79 Å². The molecule has 1 aromatic carbocycles. The number of benzene rings is 1. The highest BCUT2D eigenvalue weighted by Gasteiger charge is 2.08. The van der Waals surface area contributed by atoms with E-state index in [0.29, 0.717) is 16.8 Å². The fourth-order valence-corrected chi connectivity index (χ4v) is 1.78. The van der Waals surface area contributed by atoms with Gasteiger partial charge < -0.3 is 15.2 Å². The van der Waals surface area contributed by atoms with Gasteiger partial charge >= 0.3 is 5.97 Å². The number of halogens is 1. The quantitative estimate of drug-likeness (QED) is 0.791. The molecule has 0 aliphatic carbocycles. The van der Waals surface area contributed by atoms with Crippen LogP contribution in [0.2, 0.25) is 0 Å². The number of nitrogens with one attached hydrogen (secondary N) is 1. The van der Waals surface area contributed by atoms with Crippen molar-refractivity contribution < 1.29 is 19.4 Å². The molecule has 0 spiro atoms. The number of carbonyl (C=O) groups is 2. The van der Waals surface area contributed by atoms with Crippen LogP contribution in [0.25, 0.3) is 0 Å². The molecule has 0 radical (unpaired) electrons.